The first-order valence-electron chi connectivity index (χ1n) is 4.09. The van der Waals surface area contributed by atoms with Gasteiger partial charge in [-0.2, -0.15) is 0 Å². The molecule has 0 spiro atoms. The van der Waals surface area contributed by atoms with Crippen molar-refractivity contribution in [1.29, 1.82) is 0 Å². The lowest BCUT2D eigenvalue weighted by molar-refractivity contribution is 0.183. The van der Waals surface area contributed by atoms with Crippen LogP contribution in [0.5, 0.6) is 0 Å². The van der Waals surface area contributed by atoms with Gasteiger partial charge in [-0.3, -0.25) is 0 Å². The molecule has 1 atom stereocenters. The summed E-state index contributed by atoms with van der Waals surface area (Å²) in [5.41, 5.74) is 2.01. The number of benzene rings is 1. The van der Waals surface area contributed by atoms with Crippen LogP contribution in [-0.2, 0) is 11.3 Å². The SMILES string of the molecule is COCc1cccc(C(O)CBr)c1. The summed E-state index contributed by atoms with van der Waals surface area (Å²) < 4.78 is 5.00. The van der Waals surface area contributed by atoms with E-state index in [4.69, 9.17) is 4.74 Å². The first-order valence-corrected chi connectivity index (χ1v) is 5.22. The van der Waals surface area contributed by atoms with E-state index in [0.29, 0.717) is 11.9 Å². The molecule has 0 aliphatic carbocycles. The molecule has 0 amide bonds. The van der Waals surface area contributed by atoms with E-state index in [1.807, 2.05) is 24.3 Å². The molecule has 1 unspecified atom stereocenters. The zero-order chi connectivity index (χ0) is 9.68. The van der Waals surface area contributed by atoms with E-state index in [1.165, 1.54) is 0 Å². The fourth-order valence-electron chi connectivity index (χ4n) is 1.15. The van der Waals surface area contributed by atoms with E-state index in [-0.39, 0.29) is 0 Å². The van der Waals surface area contributed by atoms with Crippen LogP contribution in [0.3, 0.4) is 0 Å². The lowest BCUT2D eigenvalue weighted by Crippen LogP contribution is -1.99. The molecule has 0 aromatic heterocycles. The van der Waals surface area contributed by atoms with Crippen molar-refractivity contribution in [2.24, 2.45) is 0 Å². The first kappa shape index (κ1) is 10.7. The van der Waals surface area contributed by atoms with Crippen LogP contribution < -0.4 is 0 Å². The van der Waals surface area contributed by atoms with E-state index in [2.05, 4.69) is 15.9 Å². The maximum atomic E-state index is 9.53. The van der Waals surface area contributed by atoms with E-state index < -0.39 is 6.10 Å². The van der Waals surface area contributed by atoms with Crippen molar-refractivity contribution in [3.63, 3.8) is 0 Å². The minimum Gasteiger partial charge on any atom is -0.388 e. The van der Waals surface area contributed by atoms with Gasteiger partial charge in [-0.05, 0) is 11.1 Å². The molecule has 1 N–H and O–H groups in total. The molecule has 0 aliphatic rings. The molecule has 3 heteroatoms. The van der Waals surface area contributed by atoms with Crippen molar-refractivity contribution in [3.8, 4) is 0 Å². The Balaban J connectivity index is 2.78. The molecular formula is C10H13BrO2. The third-order valence-electron chi connectivity index (χ3n) is 1.79. The number of halogens is 1. The number of methoxy groups -OCH3 is 1. The Morgan fingerprint density at radius 1 is 1.54 bits per heavy atom. The van der Waals surface area contributed by atoms with Gasteiger partial charge in [-0.1, -0.05) is 40.2 Å². The van der Waals surface area contributed by atoms with Crippen LogP contribution in [0.2, 0.25) is 0 Å². The predicted octanol–water partition coefficient (Wildman–Crippen LogP) is 2.26. The number of aliphatic hydroxyl groups is 1. The molecule has 2 nitrogen and oxygen atoms in total. The quantitative estimate of drug-likeness (QED) is 0.824. The Kier molecular flexibility index (Phi) is 4.42. The van der Waals surface area contributed by atoms with E-state index >= 15 is 0 Å². The number of ether oxygens (including phenoxy) is 1. The fraction of sp³-hybridized carbons (Fsp3) is 0.400. The summed E-state index contributed by atoms with van der Waals surface area (Å²) in [7, 11) is 1.66. The highest BCUT2D eigenvalue weighted by molar-refractivity contribution is 9.09. The summed E-state index contributed by atoms with van der Waals surface area (Å²) in [6.45, 7) is 0.586. The Bertz CT molecular complexity index is 263. The zero-order valence-corrected chi connectivity index (χ0v) is 9.12. The van der Waals surface area contributed by atoms with Crippen molar-refractivity contribution in [1.82, 2.24) is 0 Å². The Labute approximate surface area is 86.7 Å². The maximum Gasteiger partial charge on any atom is 0.0886 e. The largest absolute Gasteiger partial charge is 0.388 e. The summed E-state index contributed by atoms with van der Waals surface area (Å²) in [5, 5.41) is 10.1. The Morgan fingerprint density at radius 2 is 2.31 bits per heavy atom. The molecule has 0 saturated heterocycles. The standard InChI is InChI=1S/C10H13BrO2/c1-13-7-8-3-2-4-9(5-8)10(12)6-11/h2-5,10,12H,6-7H2,1H3. The monoisotopic (exact) mass is 244 g/mol. The maximum absolute atomic E-state index is 9.53. The van der Waals surface area contributed by atoms with Gasteiger partial charge < -0.3 is 9.84 Å². The van der Waals surface area contributed by atoms with Crippen molar-refractivity contribution >= 4 is 15.9 Å². The molecule has 1 aromatic carbocycles. The molecule has 0 saturated carbocycles. The summed E-state index contributed by atoms with van der Waals surface area (Å²) >= 11 is 3.23. The van der Waals surface area contributed by atoms with Crippen molar-refractivity contribution in [2.75, 3.05) is 12.4 Å². The average molecular weight is 245 g/mol. The van der Waals surface area contributed by atoms with E-state index in [0.717, 1.165) is 11.1 Å². The van der Waals surface area contributed by atoms with Crippen LogP contribution in [0.25, 0.3) is 0 Å². The lowest BCUT2D eigenvalue weighted by Gasteiger charge is -2.08. The molecule has 0 radical (unpaired) electrons. The predicted molar refractivity (Wildman–Crippen MR) is 55.9 cm³/mol. The van der Waals surface area contributed by atoms with Crippen LogP contribution in [-0.4, -0.2) is 17.5 Å². The van der Waals surface area contributed by atoms with Gasteiger partial charge in [0.05, 0.1) is 12.7 Å². The second-order valence-corrected chi connectivity index (χ2v) is 3.50. The third-order valence-corrected chi connectivity index (χ3v) is 2.41. The topological polar surface area (TPSA) is 29.5 Å². The van der Waals surface area contributed by atoms with Gasteiger partial charge >= 0.3 is 0 Å². The van der Waals surface area contributed by atoms with Crippen LogP contribution in [0.1, 0.15) is 17.2 Å². The van der Waals surface area contributed by atoms with Crippen molar-refractivity contribution in [2.45, 2.75) is 12.7 Å². The summed E-state index contributed by atoms with van der Waals surface area (Å²) in [6.07, 6.45) is -0.434. The van der Waals surface area contributed by atoms with E-state index in [9.17, 15) is 5.11 Å². The molecule has 1 aromatic rings. The van der Waals surface area contributed by atoms with Crippen molar-refractivity contribution < 1.29 is 9.84 Å². The Hall–Kier alpha value is -0.380. The van der Waals surface area contributed by atoms with Gasteiger partial charge in [0.2, 0.25) is 0 Å². The highest BCUT2D eigenvalue weighted by Gasteiger charge is 2.05. The number of hydrogen-bond donors (Lipinski definition) is 1. The van der Waals surface area contributed by atoms with Crippen molar-refractivity contribution in [3.05, 3.63) is 35.4 Å². The second kappa shape index (κ2) is 5.37. The number of rotatable bonds is 4. The highest BCUT2D eigenvalue weighted by atomic mass is 79.9. The summed E-state index contributed by atoms with van der Waals surface area (Å²) in [6, 6.07) is 7.77. The fourth-order valence-corrected chi connectivity index (χ4v) is 1.52. The first-order chi connectivity index (χ1) is 6.27. The minimum absolute atomic E-state index is 0.434. The van der Waals surface area contributed by atoms with Gasteiger partial charge in [-0.25, -0.2) is 0 Å². The van der Waals surface area contributed by atoms with Crippen LogP contribution in [0, 0.1) is 0 Å². The lowest BCUT2D eigenvalue weighted by atomic mass is 10.1. The van der Waals surface area contributed by atoms with Gasteiger partial charge in [0.25, 0.3) is 0 Å². The molecular weight excluding hydrogens is 232 g/mol. The second-order valence-electron chi connectivity index (χ2n) is 2.85. The molecule has 13 heavy (non-hydrogen) atoms. The molecule has 0 aliphatic heterocycles. The Morgan fingerprint density at radius 3 is 2.92 bits per heavy atom. The van der Waals surface area contributed by atoms with Crippen LogP contribution in [0.4, 0.5) is 0 Å². The van der Waals surface area contributed by atoms with E-state index in [1.54, 1.807) is 7.11 Å². The number of hydrogen-bond acceptors (Lipinski definition) is 2. The zero-order valence-electron chi connectivity index (χ0n) is 7.53. The third kappa shape index (κ3) is 3.10. The smallest absolute Gasteiger partial charge is 0.0886 e. The normalized spacial score (nSPS) is 12.8. The highest BCUT2D eigenvalue weighted by Crippen LogP contribution is 2.16. The van der Waals surface area contributed by atoms with Gasteiger partial charge in [0.1, 0.15) is 0 Å². The molecule has 1 rings (SSSR count). The van der Waals surface area contributed by atoms with Gasteiger partial charge in [-0.15, -0.1) is 0 Å². The summed E-state index contributed by atoms with van der Waals surface area (Å²) in [4.78, 5) is 0. The molecule has 0 bridgehead atoms. The van der Waals surface area contributed by atoms with Gasteiger partial charge in [0, 0.05) is 12.4 Å². The molecule has 0 fully saturated rings. The average Bonchev–Trinajstić information content (AvgIpc) is 2.18. The number of aliphatic hydroxyl groups excluding tert-OH is 1. The number of alkyl halides is 1. The van der Waals surface area contributed by atoms with Gasteiger partial charge in [0.15, 0.2) is 0 Å². The van der Waals surface area contributed by atoms with Crippen LogP contribution >= 0.6 is 15.9 Å². The van der Waals surface area contributed by atoms with Crippen LogP contribution in [0.15, 0.2) is 24.3 Å². The molecule has 72 valence electrons. The molecule has 0 heterocycles. The summed E-state index contributed by atoms with van der Waals surface area (Å²) in [5.74, 6) is 0. The minimum atomic E-state index is -0.434.